The standard InChI is InChI=1S/C22H22ClF4N5S/c1-12(19-16(22(25,26)27)2-3-17(24)20(19)23)33-18-8-13(9-30-21(18)28)14-10-31-32(11-14)15-4-6-29-7-5-15/h2-3,8-12,15,29H,4-7H2,1H3,(H2,28,30). The van der Waals surface area contributed by atoms with Crippen molar-refractivity contribution in [2.75, 3.05) is 18.8 Å². The Morgan fingerprint density at radius 2 is 1.94 bits per heavy atom. The van der Waals surface area contributed by atoms with Crippen LogP contribution in [0, 0.1) is 5.82 Å². The summed E-state index contributed by atoms with van der Waals surface area (Å²) in [4.78, 5) is 4.69. The van der Waals surface area contributed by atoms with E-state index in [9.17, 15) is 17.6 Å². The third-order valence-corrected chi connectivity index (χ3v) is 7.20. The van der Waals surface area contributed by atoms with Gasteiger partial charge in [0, 0.05) is 28.8 Å². The second-order valence-electron chi connectivity index (χ2n) is 7.88. The highest BCUT2D eigenvalue weighted by atomic mass is 35.5. The molecule has 2 aromatic heterocycles. The van der Waals surface area contributed by atoms with E-state index in [2.05, 4.69) is 15.4 Å². The van der Waals surface area contributed by atoms with Crippen LogP contribution in [-0.4, -0.2) is 27.9 Å². The Hall–Kier alpha value is -2.30. The fourth-order valence-electron chi connectivity index (χ4n) is 3.93. The Kier molecular flexibility index (Phi) is 6.88. The van der Waals surface area contributed by atoms with Crippen LogP contribution in [0.15, 0.2) is 41.7 Å². The van der Waals surface area contributed by atoms with Crippen molar-refractivity contribution in [2.45, 2.75) is 42.1 Å². The molecule has 0 aliphatic carbocycles. The lowest BCUT2D eigenvalue weighted by Gasteiger charge is -2.22. The maximum absolute atomic E-state index is 14.0. The lowest BCUT2D eigenvalue weighted by molar-refractivity contribution is -0.138. The van der Waals surface area contributed by atoms with Gasteiger partial charge in [0.1, 0.15) is 11.6 Å². The average molecular weight is 500 g/mol. The number of aromatic nitrogens is 3. The third-order valence-electron chi connectivity index (χ3n) is 5.65. The number of hydrogen-bond donors (Lipinski definition) is 2. The van der Waals surface area contributed by atoms with E-state index in [4.69, 9.17) is 17.3 Å². The van der Waals surface area contributed by atoms with Gasteiger partial charge in [-0.1, -0.05) is 11.6 Å². The number of nitrogens with one attached hydrogen (secondary N) is 1. The van der Waals surface area contributed by atoms with E-state index < -0.39 is 27.8 Å². The van der Waals surface area contributed by atoms with Gasteiger partial charge in [-0.05, 0) is 56.6 Å². The van der Waals surface area contributed by atoms with Crippen LogP contribution < -0.4 is 11.1 Å². The van der Waals surface area contributed by atoms with E-state index in [1.807, 2.05) is 10.9 Å². The zero-order valence-electron chi connectivity index (χ0n) is 17.7. The highest BCUT2D eigenvalue weighted by molar-refractivity contribution is 7.99. The Labute approximate surface area is 197 Å². The summed E-state index contributed by atoms with van der Waals surface area (Å²) in [5.41, 5.74) is 6.29. The van der Waals surface area contributed by atoms with Gasteiger partial charge in [0.2, 0.25) is 0 Å². The molecule has 33 heavy (non-hydrogen) atoms. The van der Waals surface area contributed by atoms with Gasteiger partial charge < -0.3 is 11.1 Å². The van der Waals surface area contributed by atoms with Crippen LogP contribution in [0.5, 0.6) is 0 Å². The summed E-state index contributed by atoms with van der Waals surface area (Å²) in [5, 5.41) is 6.42. The van der Waals surface area contributed by atoms with E-state index in [1.54, 1.807) is 18.5 Å². The number of thioether (sulfide) groups is 1. The molecule has 1 atom stereocenters. The molecule has 0 spiro atoms. The molecule has 0 amide bonds. The minimum absolute atomic E-state index is 0.169. The highest BCUT2D eigenvalue weighted by Crippen LogP contribution is 2.46. The second kappa shape index (κ2) is 9.52. The summed E-state index contributed by atoms with van der Waals surface area (Å²) < 4.78 is 56.6. The molecular formula is C22H22ClF4N5S. The molecule has 3 N–H and O–H groups in total. The van der Waals surface area contributed by atoms with Crippen LogP contribution in [0.25, 0.3) is 11.1 Å². The summed E-state index contributed by atoms with van der Waals surface area (Å²) in [7, 11) is 0. The van der Waals surface area contributed by atoms with E-state index in [1.165, 1.54) is 6.92 Å². The van der Waals surface area contributed by atoms with Crippen LogP contribution in [-0.2, 0) is 6.18 Å². The van der Waals surface area contributed by atoms with Crippen molar-refractivity contribution in [1.82, 2.24) is 20.1 Å². The van der Waals surface area contributed by atoms with E-state index in [0.717, 1.165) is 54.9 Å². The maximum atomic E-state index is 14.0. The molecule has 3 heterocycles. The monoisotopic (exact) mass is 499 g/mol. The fraction of sp³-hybridized carbons (Fsp3) is 0.364. The Morgan fingerprint density at radius 1 is 1.21 bits per heavy atom. The minimum atomic E-state index is -4.67. The van der Waals surface area contributed by atoms with Gasteiger partial charge in [-0.2, -0.15) is 18.3 Å². The molecule has 1 unspecified atom stereocenters. The largest absolute Gasteiger partial charge is 0.416 e. The molecular weight excluding hydrogens is 478 g/mol. The minimum Gasteiger partial charge on any atom is -0.383 e. The first-order valence-corrected chi connectivity index (χ1v) is 11.6. The number of alkyl halides is 3. The highest BCUT2D eigenvalue weighted by Gasteiger charge is 2.36. The topological polar surface area (TPSA) is 68.8 Å². The lowest BCUT2D eigenvalue weighted by atomic mass is 10.0. The van der Waals surface area contributed by atoms with Crippen molar-refractivity contribution in [3.63, 3.8) is 0 Å². The first-order valence-electron chi connectivity index (χ1n) is 10.4. The Morgan fingerprint density at radius 3 is 2.64 bits per heavy atom. The predicted molar refractivity (Wildman–Crippen MR) is 122 cm³/mol. The van der Waals surface area contributed by atoms with E-state index in [-0.39, 0.29) is 11.4 Å². The molecule has 0 saturated carbocycles. The molecule has 3 aromatic rings. The van der Waals surface area contributed by atoms with Crippen molar-refractivity contribution in [3.8, 4) is 11.1 Å². The van der Waals surface area contributed by atoms with Crippen molar-refractivity contribution in [3.05, 3.63) is 58.8 Å². The summed E-state index contributed by atoms with van der Waals surface area (Å²) in [5.74, 6) is -0.736. The molecule has 1 saturated heterocycles. The fourth-order valence-corrected chi connectivity index (χ4v) is 5.43. The van der Waals surface area contributed by atoms with Gasteiger partial charge in [-0.3, -0.25) is 4.68 Å². The summed E-state index contributed by atoms with van der Waals surface area (Å²) in [6.45, 7) is 3.40. The zero-order valence-corrected chi connectivity index (χ0v) is 19.2. The molecule has 1 fully saturated rings. The number of benzene rings is 1. The quantitative estimate of drug-likeness (QED) is 0.327. The van der Waals surface area contributed by atoms with Crippen LogP contribution in [0.3, 0.4) is 0 Å². The first kappa shape index (κ1) is 23.8. The molecule has 5 nitrogen and oxygen atoms in total. The average Bonchev–Trinajstić information content (AvgIpc) is 3.27. The maximum Gasteiger partial charge on any atom is 0.416 e. The number of pyridine rings is 1. The molecule has 0 bridgehead atoms. The Bertz CT molecular complexity index is 1140. The van der Waals surface area contributed by atoms with Gasteiger partial charge in [-0.15, -0.1) is 11.8 Å². The van der Waals surface area contributed by atoms with Gasteiger partial charge in [0.15, 0.2) is 0 Å². The normalized spacial score (nSPS) is 16.2. The molecule has 1 aromatic carbocycles. The predicted octanol–water partition coefficient (Wildman–Crippen LogP) is 6.12. The number of piperidine rings is 1. The van der Waals surface area contributed by atoms with Gasteiger partial charge in [-0.25, -0.2) is 9.37 Å². The lowest BCUT2D eigenvalue weighted by Crippen LogP contribution is -2.29. The second-order valence-corrected chi connectivity index (χ2v) is 9.64. The van der Waals surface area contributed by atoms with Crippen molar-refractivity contribution >= 4 is 29.2 Å². The molecule has 1 aliphatic rings. The van der Waals surface area contributed by atoms with Gasteiger partial charge >= 0.3 is 6.18 Å². The van der Waals surface area contributed by atoms with Crippen molar-refractivity contribution < 1.29 is 17.6 Å². The van der Waals surface area contributed by atoms with Crippen molar-refractivity contribution in [2.24, 2.45) is 0 Å². The zero-order chi connectivity index (χ0) is 23.8. The van der Waals surface area contributed by atoms with Gasteiger partial charge in [0.25, 0.3) is 0 Å². The number of rotatable bonds is 5. The van der Waals surface area contributed by atoms with E-state index in [0.29, 0.717) is 17.0 Å². The summed E-state index contributed by atoms with van der Waals surface area (Å²) >= 11 is 7.00. The SMILES string of the molecule is CC(Sc1cc(-c2cnn(C3CCNCC3)c2)cnc1N)c1c(C(F)(F)F)ccc(F)c1Cl. The first-order chi connectivity index (χ1) is 15.6. The number of nitrogens with two attached hydrogens (primary N) is 1. The summed E-state index contributed by atoms with van der Waals surface area (Å²) in [6, 6.07) is 3.50. The molecule has 11 heteroatoms. The number of nitrogens with zero attached hydrogens (tertiary/aromatic N) is 3. The number of nitrogen functional groups attached to an aromatic ring is 1. The number of hydrogen-bond acceptors (Lipinski definition) is 5. The summed E-state index contributed by atoms with van der Waals surface area (Å²) in [6.07, 6.45) is 2.57. The molecule has 176 valence electrons. The number of halogens is 5. The molecule has 0 radical (unpaired) electrons. The van der Waals surface area contributed by atoms with E-state index >= 15 is 0 Å². The Balaban J connectivity index is 1.62. The molecule has 4 rings (SSSR count). The van der Waals surface area contributed by atoms with Crippen LogP contribution in [0.2, 0.25) is 5.02 Å². The van der Waals surface area contributed by atoms with Crippen LogP contribution >= 0.6 is 23.4 Å². The third kappa shape index (κ3) is 5.12. The molecule has 1 aliphatic heterocycles. The van der Waals surface area contributed by atoms with Crippen LogP contribution in [0.4, 0.5) is 23.4 Å². The van der Waals surface area contributed by atoms with Crippen LogP contribution in [0.1, 0.15) is 42.2 Å². The number of anilines is 1. The smallest absolute Gasteiger partial charge is 0.383 e. The van der Waals surface area contributed by atoms with Gasteiger partial charge in [0.05, 0.1) is 27.7 Å². The van der Waals surface area contributed by atoms with Crippen molar-refractivity contribution in [1.29, 1.82) is 0 Å².